The molecular weight excluding hydrogens is 604 g/mol. The monoisotopic (exact) mass is 636 g/mol. The molecule has 0 fully saturated rings. The minimum atomic E-state index is -0.268. The van der Waals surface area contributed by atoms with Gasteiger partial charge in [-0.15, -0.1) is 0 Å². The van der Waals surface area contributed by atoms with Crippen molar-refractivity contribution in [1.82, 2.24) is 0 Å². The Morgan fingerprint density at radius 2 is 1.00 bits per heavy atom. The Morgan fingerprint density at radius 1 is 0.595 bits per heavy atom. The molecule has 0 aromatic heterocycles. The van der Waals surface area contributed by atoms with Crippen LogP contribution in [0.1, 0.15) is 16.7 Å². The number of halogens is 2. The summed E-state index contributed by atoms with van der Waals surface area (Å²) < 4.78 is 34.5. The Labute approximate surface area is 236 Å². The Kier molecular flexibility index (Phi) is 12.7. The molecule has 3 aromatic rings. The maximum Gasteiger partial charge on any atom is 0.118 e. The number of hydrogen-bond donors (Lipinski definition) is 0. The lowest BCUT2D eigenvalue weighted by Crippen LogP contribution is -2.41. The van der Waals surface area contributed by atoms with Gasteiger partial charge in [-0.2, -0.15) is 0 Å². The molecule has 0 spiro atoms. The predicted molar refractivity (Wildman–Crippen MR) is 152 cm³/mol. The summed E-state index contributed by atoms with van der Waals surface area (Å²) in [4.78, 5) is -0.0950. The van der Waals surface area contributed by atoms with Crippen molar-refractivity contribution in [2.45, 2.75) is 36.9 Å². The summed E-state index contributed by atoms with van der Waals surface area (Å²) in [5, 5.41) is 0.608. The SMILES string of the molecule is COc1ccc(COCC(Br)[C@@H](OCc2ccc(OC)cc2)[C@H](CBr)OCc2ccc(OC)cc2)cc1. The molecule has 37 heavy (non-hydrogen) atoms. The number of hydrogen-bond acceptors (Lipinski definition) is 6. The van der Waals surface area contributed by atoms with Crippen molar-refractivity contribution in [3.05, 3.63) is 89.5 Å². The minimum absolute atomic E-state index is 0.0950. The molecule has 3 aromatic carbocycles. The van der Waals surface area contributed by atoms with E-state index in [4.69, 9.17) is 28.4 Å². The largest absolute Gasteiger partial charge is 0.497 e. The number of methoxy groups -OCH3 is 3. The molecule has 0 bridgehead atoms. The second-order valence-electron chi connectivity index (χ2n) is 8.35. The molecule has 200 valence electrons. The molecule has 3 rings (SSSR count). The van der Waals surface area contributed by atoms with Crippen LogP contribution in [0, 0.1) is 0 Å². The van der Waals surface area contributed by atoms with Crippen LogP contribution >= 0.6 is 31.9 Å². The number of benzene rings is 3. The maximum absolute atomic E-state index is 6.42. The van der Waals surface area contributed by atoms with Crippen LogP contribution < -0.4 is 14.2 Å². The van der Waals surface area contributed by atoms with Gasteiger partial charge in [-0.1, -0.05) is 68.3 Å². The normalized spacial score (nSPS) is 13.5. The summed E-state index contributed by atoms with van der Waals surface area (Å²) in [7, 11) is 4.97. The number of rotatable bonds is 16. The average molecular weight is 638 g/mol. The first kappa shape index (κ1) is 29.5. The van der Waals surface area contributed by atoms with Gasteiger partial charge in [-0.05, 0) is 53.1 Å². The third-order valence-corrected chi connectivity index (χ3v) is 7.23. The highest BCUT2D eigenvalue weighted by molar-refractivity contribution is 9.09. The lowest BCUT2D eigenvalue weighted by atomic mass is 10.1. The van der Waals surface area contributed by atoms with E-state index in [-0.39, 0.29) is 17.0 Å². The van der Waals surface area contributed by atoms with Crippen molar-refractivity contribution in [3.8, 4) is 17.2 Å². The van der Waals surface area contributed by atoms with E-state index in [2.05, 4.69) is 31.9 Å². The first-order valence-electron chi connectivity index (χ1n) is 12.0. The summed E-state index contributed by atoms with van der Waals surface area (Å²) in [5.41, 5.74) is 3.18. The quantitative estimate of drug-likeness (QED) is 0.166. The molecule has 0 radical (unpaired) electrons. The van der Waals surface area contributed by atoms with Crippen LogP contribution in [0.2, 0.25) is 0 Å². The number of ether oxygens (including phenoxy) is 6. The van der Waals surface area contributed by atoms with E-state index in [0.29, 0.717) is 31.8 Å². The highest BCUT2D eigenvalue weighted by Crippen LogP contribution is 2.23. The van der Waals surface area contributed by atoms with Gasteiger partial charge in [0.25, 0.3) is 0 Å². The first-order valence-corrected chi connectivity index (χ1v) is 14.0. The molecule has 0 aliphatic heterocycles. The zero-order valence-electron chi connectivity index (χ0n) is 21.4. The van der Waals surface area contributed by atoms with E-state index in [1.807, 2.05) is 72.8 Å². The first-order chi connectivity index (χ1) is 18.1. The number of alkyl halides is 2. The van der Waals surface area contributed by atoms with Crippen molar-refractivity contribution < 1.29 is 28.4 Å². The highest BCUT2D eigenvalue weighted by Gasteiger charge is 2.30. The summed E-state index contributed by atoms with van der Waals surface area (Å²) in [5.74, 6) is 2.45. The molecule has 0 aliphatic carbocycles. The van der Waals surface area contributed by atoms with E-state index >= 15 is 0 Å². The summed E-state index contributed by atoms with van der Waals surface area (Å²) in [6.07, 6.45) is -0.482. The Bertz CT molecular complexity index is 1030. The van der Waals surface area contributed by atoms with Crippen LogP contribution in [-0.2, 0) is 34.0 Å². The van der Waals surface area contributed by atoms with Crippen LogP contribution in [0.25, 0.3) is 0 Å². The summed E-state index contributed by atoms with van der Waals surface area (Å²) >= 11 is 7.45. The standard InChI is InChI=1S/C29H34Br2O6/c1-32-24-10-4-21(5-11-24)17-35-20-27(31)29(37-19-23-8-14-26(34-3)15-9-23)28(16-30)36-18-22-6-12-25(33-2)13-7-22/h4-15,27-29H,16-20H2,1-3H3/t27?,28-,29+/m0/s1. The van der Waals surface area contributed by atoms with E-state index in [1.54, 1.807) is 21.3 Å². The van der Waals surface area contributed by atoms with Gasteiger partial charge < -0.3 is 28.4 Å². The zero-order valence-corrected chi connectivity index (χ0v) is 24.6. The van der Waals surface area contributed by atoms with Gasteiger partial charge in [0.15, 0.2) is 0 Å². The lowest BCUT2D eigenvalue weighted by Gasteiger charge is -2.30. The van der Waals surface area contributed by atoms with Crippen LogP contribution in [-0.4, -0.2) is 50.3 Å². The van der Waals surface area contributed by atoms with E-state index in [9.17, 15) is 0 Å². The Balaban J connectivity index is 1.63. The van der Waals surface area contributed by atoms with Gasteiger partial charge in [0.05, 0.1) is 64.8 Å². The van der Waals surface area contributed by atoms with E-state index in [1.165, 1.54) is 0 Å². The zero-order chi connectivity index (χ0) is 26.5. The van der Waals surface area contributed by atoms with E-state index in [0.717, 1.165) is 33.9 Å². The minimum Gasteiger partial charge on any atom is -0.497 e. The van der Waals surface area contributed by atoms with Gasteiger partial charge in [0.1, 0.15) is 17.2 Å². The molecule has 0 aliphatic rings. The molecular formula is C29H34Br2O6. The van der Waals surface area contributed by atoms with Gasteiger partial charge in [0, 0.05) is 5.33 Å². The van der Waals surface area contributed by atoms with Crippen LogP contribution in [0.5, 0.6) is 17.2 Å². The van der Waals surface area contributed by atoms with Crippen LogP contribution in [0.3, 0.4) is 0 Å². The fraction of sp³-hybridized carbons (Fsp3) is 0.379. The smallest absolute Gasteiger partial charge is 0.118 e. The fourth-order valence-corrected chi connectivity index (χ4v) is 4.85. The van der Waals surface area contributed by atoms with Crippen LogP contribution in [0.4, 0.5) is 0 Å². The molecule has 0 heterocycles. The summed E-state index contributed by atoms with van der Waals surface area (Å²) in [6, 6.07) is 23.6. The molecule has 3 atom stereocenters. The van der Waals surface area contributed by atoms with Gasteiger partial charge in [0.2, 0.25) is 0 Å². The Hall–Kier alpha value is -2.10. The topological polar surface area (TPSA) is 55.4 Å². The third-order valence-electron chi connectivity index (χ3n) is 5.80. The maximum atomic E-state index is 6.42. The molecule has 0 amide bonds. The average Bonchev–Trinajstić information content (AvgIpc) is 2.95. The molecule has 0 saturated carbocycles. The van der Waals surface area contributed by atoms with Crippen molar-refractivity contribution in [2.75, 3.05) is 33.3 Å². The Morgan fingerprint density at radius 3 is 1.41 bits per heavy atom. The molecule has 8 heteroatoms. The van der Waals surface area contributed by atoms with Gasteiger partial charge in [-0.3, -0.25) is 0 Å². The molecule has 0 saturated heterocycles. The fourth-order valence-electron chi connectivity index (χ4n) is 3.62. The van der Waals surface area contributed by atoms with Crippen LogP contribution in [0.15, 0.2) is 72.8 Å². The van der Waals surface area contributed by atoms with Crippen molar-refractivity contribution in [2.24, 2.45) is 0 Å². The second-order valence-corrected chi connectivity index (χ2v) is 10.2. The molecule has 6 nitrogen and oxygen atoms in total. The van der Waals surface area contributed by atoms with Crippen molar-refractivity contribution >= 4 is 31.9 Å². The van der Waals surface area contributed by atoms with Gasteiger partial charge in [-0.25, -0.2) is 0 Å². The third kappa shape index (κ3) is 9.61. The van der Waals surface area contributed by atoms with Gasteiger partial charge >= 0.3 is 0 Å². The predicted octanol–water partition coefficient (Wildman–Crippen LogP) is 6.56. The van der Waals surface area contributed by atoms with Crippen molar-refractivity contribution in [1.29, 1.82) is 0 Å². The second kappa shape index (κ2) is 16.0. The summed E-state index contributed by atoms with van der Waals surface area (Å²) in [6.45, 7) is 1.83. The van der Waals surface area contributed by atoms with E-state index < -0.39 is 0 Å². The highest BCUT2D eigenvalue weighted by atomic mass is 79.9. The van der Waals surface area contributed by atoms with Crippen molar-refractivity contribution in [3.63, 3.8) is 0 Å². The lowest BCUT2D eigenvalue weighted by molar-refractivity contribution is -0.0819. The molecule has 1 unspecified atom stereocenters. The molecule has 0 N–H and O–H groups in total.